The van der Waals surface area contributed by atoms with Crippen molar-refractivity contribution in [1.29, 1.82) is 0 Å². The first-order valence-corrected chi connectivity index (χ1v) is 11.3. The van der Waals surface area contributed by atoms with Crippen molar-refractivity contribution in [2.75, 3.05) is 19.4 Å². The van der Waals surface area contributed by atoms with E-state index in [-0.39, 0.29) is 29.4 Å². The van der Waals surface area contributed by atoms with Crippen LogP contribution < -0.4 is 10.6 Å². The van der Waals surface area contributed by atoms with Crippen LogP contribution in [0.4, 0.5) is 0 Å². The molecule has 3 aliphatic rings. The lowest BCUT2D eigenvalue weighted by atomic mass is 9.55. The van der Waals surface area contributed by atoms with Crippen LogP contribution in [0.5, 0.6) is 0 Å². The molecule has 5 nitrogen and oxygen atoms in total. The lowest BCUT2D eigenvalue weighted by Gasteiger charge is -2.60. The molecule has 7 heteroatoms. The molecule has 1 aliphatic heterocycles. The van der Waals surface area contributed by atoms with Crippen LogP contribution in [-0.2, 0) is 15.5 Å². The molecule has 2 N–H and O–H groups in total. The minimum absolute atomic E-state index is 0. The van der Waals surface area contributed by atoms with E-state index in [2.05, 4.69) is 29.5 Å². The Morgan fingerprint density at radius 1 is 1.23 bits per heavy atom. The zero-order chi connectivity index (χ0) is 18.0. The number of nitrogens with zero attached hydrogens (tertiary/aromatic N) is 1. The molecule has 152 valence electrons. The lowest BCUT2D eigenvalue weighted by molar-refractivity contribution is -0.188. The van der Waals surface area contributed by atoms with E-state index in [0.29, 0.717) is 29.4 Å². The summed E-state index contributed by atoms with van der Waals surface area (Å²) in [6, 6.07) is 0.787. The number of hydrogen-bond donors (Lipinski definition) is 2. The van der Waals surface area contributed by atoms with Gasteiger partial charge in [-0.15, -0.1) is 24.0 Å². The summed E-state index contributed by atoms with van der Waals surface area (Å²) in [6.45, 7) is 7.52. The van der Waals surface area contributed by atoms with Crippen molar-refractivity contribution in [3.63, 3.8) is 0 Å². The molecule has 6 unspecified atom stereocenters. The molecular weight excluding hydrogens is 461 g/mol. The molecule has 0 amide bonds. The zero-order valence-corrected chi connectivity index (χ0v) is 19.8. The minimum Gasteiger partial charge on any atom is -0.377 e. The standard InChI is InChI=1S/C19H35N3O2S.HI/c1-5-25(23)14-9-6-8-13(12-14)21-18(20-4)22-16-15-10-7-11-24-17(15)19(16,2)3;/h13-17H,5-12H2,1-4H3,(H2,20,21,22);1H. The topological polar surface area (TPSA) is 62.7 Å². The second kappa shape index (κ2) is 9.54. The number of aliphatic imine (C=N–C) groups is 1. The van der Waals surface area contributed by atoms with Crippen LogP contribution in [0.1, 0.15) is 59.3 Å². The molecule has 1 heterocycles. The molecule has 0 bridgehead atoms. The SMILES string of the molecule is CCS(=O)C1CCCC(NC(=NC)NC2C3CCCOC3C2(C)C)C1.I. The second-order valence-electron chi connectivity index (χ2n) is 8.41. The number of nitrogens with one attached hydrogen (secondary N) is 2. The summed E-state index contributed by atoms with van der Waals surface area (Å²) in [5, 5.41) is 7.63. The third-order valence-corrected chi connectivity index (χ3v) is 8.21. The Labute approximate surface area is 178 Å². The van der Waals surface area contributed by atoms with Gasteiger partial charge in [-0.25, -0.2) is 0 Å². The summed E-state index contributed by atoms with van der Waals surface area (Å²) >= 11 is 0. The average Bonchev–Trinajstić information content (AvgIpc) is 2.64. The maximum atomic E-state index is 12.2. The molecule has 1 saturated heterocycles. The molecule has 0 aromatic heterocycles. The van der Waals surface area contributed by atoms with Crippen molar-refractivity contribution in [2.24, 2.45) is 16.3 Å². The van der Waals surface area contributed by atoms with Crippen LogP contribution in [0, 0.1) is 11.3 Å². The van der Waals surface area contributed by atoms with Crippen molar-refractivity contribution >= 4 is 40.7 Å². The van der Waals surface area contributed by atoms with Gasteiger partial charge in [0, 0.05) is 58.9 Å². The van der Waals surface area contributed by atoms with Crippen molar-refractivity contribution in [3.8, 4) is 0 Å². The fourth-order valence-electron chi connectivity index (χ4n) is 5.08. The second-order valence-corrected chi connectivity index (χ2v) is 10.4. The third-order valence-electron chi connectivity index (χ3n) is 6.47. The normalized spacial score (nSPS) is 37.5. The van der Waals surface area contributed by atoms with Crippen LogP contribution in [0.25, 0.3) is 0 Å². The Morgan fingerprint density at radius 2 is 2.00 bits per heavy atom. The molecule has 2 aliphatic carbocycles. The summed E-state index contributed by atoms with van der Waals surface area (Å²) in [7, 11) is 1.16. The van der Waals surface area contributed by atoms with E-state index >= 15 is 0 Å². The van der Waals surface area contributed by atoms with Gasteiger partial charge in [-0.2, -0.15) is 0 Å². The van der Waals surface area contributed by atoms with Gasteiger partial charge in [0.2, 0.25) is 0 Å². The van der Waals surface area contributed by atoms with Crippen LogP contribution in [0.15, 0.2) is 4.99 Å². The Balaban J connectivity index is 0.00000243. The summed E-state index contributed by atoms with van der Waals surface area (Å²) in [5.41, 5.74) is 0.140. The molecule has 2 saturated carbocycles. The van der Waals surface area contributed by atoms with Crippen LogP contribution >= 0.6 is 24.0 Å². The smallest absolute Gasteiger partial charge is 0.191 e. The third kappa shape index (κ3) is 4.57. The largest absolute Gasteiger partial charge is 0.377 e. The van der Waals surface area contributed by atoms with E-state index in [9.17, 15) is 4.21 Å². The Kier molecular flexibility index (Phi) is 8.22. The van der Waals surface area contributed by atoms with E-state index < -0.39 is 10.8 Å². The molecule has 3 fully saturated rings. The number of ether oxygens (including phenoxy) is 1. The average molecular weight is 497 g/mol. The van der Waals surface area contributed by atoms with Gasteiger partial charge in [-0.05, 0) is 32.1 Å². The number of halogens is 1. The van der Waals surface area contributed by atoms with E-state index in [1.54, 1.807) is 0 Å². The van der Waals surface area contributed by atoms with Gasteiger partial charge in [0.05, 0.1) is 6.10 Å². The van der Waals surface area contributed by atoms with Crippen LogP contribution in [-0.4, -0.2) is 53.0 Å². The number of hydrogen-bond acceptors (Lipinski definition) is 3. The Morgan fingerprint density at radius 3 is 2.69 bits per heavy atom. The Bertz CT molecular complexity index is 529. The fourth-order valence-corrected chi connectivity index (χ4v) is 6.43. The molecule has 0 aromatic rings. The first-order valence-electron chi connectivity index (χ1n) is 9.96. The predicted molar refractivity (Wildman–Crippen MR) is 120 cm³/mol. The summed E-state index contributed by atoms with van der Waals surface area (Å²) in [4.78, 5) is 4.47. The van der Waals surface area contributed by atoms with E-state index in [0.717, 1.165) is 50.4 Å². The molecule has 26 heavy (non-hydrogen) atoms. The first kappa shape index (κ1) is 22.4. The number of guanidine groups is 1. The zero-order valence-electron chi connectivity index (χ0n) is 16.6. The van der Waals surface area contributed by atoms with Crippen molar-refractivity contribution in [3.05, 3.63) is 0 Å². The van der Waals surface area contributed by atoms with E-state index in [4.69, 9.17) is 4.74 Å². The Hall–Kier alpha value is 0.110. The van der Waals surface area contributed by atoms with Crippen LogP contribution in [0.2, 0.25) is 0 Å². The van der Waals surface area contributed by atoms with Gasteiger partial charge in [0.25, 0.3) is 0 Å². The fraction of sp³-hybridized carbons (Fsp3) is 0.947. The first-order chi connectivity index (χ1) is 12.0. The van der Waals surface area contributed by atoms with Crippen molar-refractivity contribution < 1.29 is 8.95 Å². The minimum atomic E-state index is -0.687. The van der Waals surface area contributed by atoms with E-state index in [1.165, 1.54) is 6.42 Å². The molecule has 0 radical (unpaired) electrons. The van der Waals surface area contributed by atoms with Crippen LogP contribution in [0.3, 0.4) is 0 Å². The van der Waals surface area contributed by atoms with Crippen molar-refractivity contribution in [1.82, 2.24) is 10.6 Å². The summed E-state index contributed by atoms with van der Waals surface area (Å²) < 4.78 is 18.2. The molecule has 0 spiro atoms. The maximum Gasteiger partial charge on any atom is 0.191 e. The number of rotatable bonds is 4. The highest BCUT2D eigenvalue weighted by Crippen LogP contribution is 2.51. The maximum absolute atomic E-state index is 12.2. The van der Waals surface area contributed by atoms with E-state index in [1.807, 2.05) is 14.0 Å². The van der Waals surface area contributed by atoms with Gasteiger partial charge >= 0.3 is 0 Å². The summed E-state index contributed by atoms with van der Waals surface area (Å²) in [6.07, 6.45) is 7.16. The molecule has 6 atom stereocenters. The predicted octanol–water partition coefficient (Wildman–Crippen LogP) is 3.05. The monoisotopic (exact) mass is 497 g/mol. The summed E-state index contributed by atoms with van der Waals surface area (Å²) in [5.74, 6) is 2.26. The van der Waals surface area contributed by atoms with Gasteiger partial charge < -0.3 is 15.4 Å². The quantitative estimate of drug-likeness (QED) is 0.356. The molecule has 0 aromatic carbocycles. The highest BCUT2D eigenvalue weighted by Gasteiger charge is 2.58. The van der Waals surface area contributed by atoms with Gasteiger partial charge in [0.15, 0.2) is 5.96 Å². The van der Waals surface area contributed by atoms with Gasteiger partial charge in [-0.3, -0.25) is 9.20 Å². The molecule has 3 rings (SSSR count). The number of fused-ring (bicyclic) bond motifs is 1. The van der Waals surface area contributed by atoms with Gasteiger partial charge in [-0.1, -0.05) is 27.2 Å². The van der Waals surface area contributed by atoms with Crippen molar-refractivity contribution in [2.45, 2.75) is 82.7 Å². The highest BCUT2D eigenvalue weighted by atomic mass is 127. The van der Waals surface area contributed by atoms with Gasteiger partial charge in [0.1, 0.15) is 0 Å². The lowest BCUT2D eigenvalue weighted by Crippen LogP contribution is -2.71. The molecular formula is C19H36IN3O2S. The highest BCUT2D eigenvalue weighted by molar-refractivity contribution is 14.0.